The molecule has 0 saturated heterocycles. The number of nitro groups is 1. The van der Waals surface area contributed by atoms with Crippen molar-refractivity contribution in [3.63, 3.8) is 0 Å². The Bertz CT molecular complexity index is 916. The number of benzene rings is 2. The molecule has 4 nitrogen and oxygen atoms in total. The number of nitrogens with zero attached hydrogens (tertiary/aromatic N) is 2. The van der Waals surface area contributed by atoms with Crippen LogP contribution in [0, 0.1) is 35.8 Å². The minimum absolute atomic E-state index is 0.146. The molecule has 1 fully saturated rings. The second kappa shape index (κ2) is 4.94. The van der Waals surface area contributed by atoms with Gasteiger partial charge in [-0.1, -0.05) is 18.2 Å². The molecule has 126 valence electrons. The summed E-state index contributed by atoms with van der Waals surface area (Å²) in [5.74, 6) is 1.73. The third-order valence-electron chi connectivity index (χ3n) is 6.16. The highest BCUT2D eigenvalue weighted by Gasteiger charge is 2.53. The van der Waals surface area contributed by atoms with E-state index < -0.39 is 0 Å². The van der Waals surface area contributed by atoms with Crippen LogP contribution < -0.4 is 4.90 Å². The first-order valence-corrected chi connectivity index (χ1v) is 8.88. The molecule has 2 aromatic rings. The summed E-state index contributed by atoms with van der Waals surface area (Å²) in [7, 11) is 0. The Kier molecular flexibility index (Phi) is 2.91. The average Bonchev–Trinajstić information content (AvgIpc) is 3.25. The molecule has 1 saturated carbocycles. The van der Waals surface area contributed by atoms with Crippen LogP contribution in [0.5, 0.6) is 0 Å². The number of hydrogen-bond donors (Lipinski definition) is 0. The number of aryl methyl sites for hydroxylation is 2. The second-order valence-corrected chi connectivity index (χ2v) is 7.62. The maximum absolute atomic E-state index is 11.0. The molecule has 1 aliphatic heterocycles. The van der Waals surface area contributed by atoms with Crippen molar-refractivity contribution in [2.75, 3.05) is 4.90 Å². The predicted octanol–water partition coefficient (Wildman–Crippen LogP) is 5.02. The maximum atomic E-state index is 11.0. The highest BCUT2D eigenvalue weighted by Crippen LogP contribution is 2.60. The molecule has 2 aliphatic carbocycles. The minimum Gasteiger partial charge on any atom is -0.337 e. The van der Waals surface area contributed by atoms with Crippen LogP contribution in [0.2, 0.25) is 0 Å². The summed E-state index contributed by atoms with van der Waals surface area (Å²) >= 11 is 0. The second-order valence-electron chi connectivity index (χ2n) is 7.62. The third-order valence-corrected chi connectivity index (χ3v) is 6.16. The zero-order chi connectivity index (χ0) is 17.3. The lowest BCUT2D eigenvalue weighted by molar-refractivity contribution is -0.384. The van der Waals surface area contributed by atoms with E-state index >= 15 is 0 Å². The van der Waals surface area contributed by atoms with Crippen molar-refractivity contribution < 1.29 is 4.92 Å². The summed E-state index contributed by atoms with van der Waals surface area (Å²) in [4.78, 5) is 13.1. The van der Waals surface area contributed by atoms with Crippen LogP contribution in [0.4, 0.5) is 17.1 Å². The van der Waals surface area contributed by atoms with Gasteiger partial charge in [0, 0.05) is 35.5 Å². The number of hydrogen-bond acceptors (Lipinski definition) is 3. The van der Waals surface area contributed by atoms with Crippen LogP contribution in [0.15, 0.2) is 48.6 Å². The van der Waals surface area contributed by atoms with Crippen molar-refractivity contribution in [3.8, 4) is 0 Å². The summed E-state index contributed by atoms with van der Waals surface area (Å²) in [6.45, 7) is 4.36. The Hall–Kier alpha value is -2.62. The van der Waals surface area contributed by atoms with E-state index in [2.05, 4.69) is 43.0 Å². The van der Waals surface area contributed by atoms with Crippen molar-refractivity contribution in [1.29, 1.82) is 0 Å². The molecule has 0 amide bonds. The van der Waals surface area contributed by atoms with Crippen LogP contribution in [0.25, 0.3) is 0 Å². The van der Waals surface area contributed by atoms with Gasteiger partial charge in [0.15, 0.2) is 0 Å². The zero-order valence-electron chi connectivity index (χ0n) is 14.3. The predicted molar refractivity (Wildman–Crippen MR) is 98.4 cm³/mol. The molecule has 4 heteroatoms. The molecule has 2 aromatic carbocycles. The van der Waals surface area contributed by atoms with Gasteiger partial charge in [-0.25, -0.2) is 0 Å². The molecular weight excluding hydrogens is 312 g/mol. The normalized spacial score (nSPS) is 28.3. The SMILES string of the molecule is Cc1cc(C)c2c(c1)N(c1ccc([N+](=O)[O-])cc1)C1C3C=CC(C3)C21. The molecule has 0 N–H and O–H groups in total. The highest BCUT2D eigenvalue weighted by molar-refractivity contribution is 5.76. The quantitative estimate of drug-likeness (QED) is 0.440. The van der Waals surface area contributed by atoms with Crippen LogP contribution in [0.1, 0.15) is 29.0 Å². The summed E-state index contributed by atoms with van der Waals surface area (Å²) in [6, 6.07) is 12.0. The summed E-state index contributed by atoms with van der Waals surface area (Å²) in [6.07, 6.45) is 6.00. The van der Waals surface area contributed by atoms with Gasteiger partial charge in [0.1, 0.15) is 0 Å². The third kappa shape index (κ3) is 1.94. The van der Waals surface area contributed by atoms with Gasteiger partial charge in [-0.15, -0.1) is 0 Å². The van der Waals surface area contributed by atoms with Gasteiger partial charge in [-0.3, -0.25) is 10.1 Å². The molecule has 25 heavy (non-hydrogen) atoms. The Morgan fingerprint density at radius 1 is 1.08 bits per heavy atom. The van der Waals surface area contributed by atoms with Gasteiger partial charge >= 0.3 is 0 Å². The van der Waals surface area contributed by atoms with Crippen molar-refractivity contribution in [2.45, 2.75) is 32.2 Å². The number of non-ortho nitro benzene ring substituents is 1. The van der Waals surface area contributed by atoms with Crippen LogP contribution in [-0.2, 0) is 0 Å². The summed E-state index contributed by atoms with van der Waals surface area (Å²) < 4.78 is 0. The molecule has 1 heterocycles. The fourth-order valence-electron chi connectivity index (χ4n) is 5.33. The fourth-order valence-corrected chi connectivity index (χ4v) is 5.33. The lowest BCUT2D eigenvalue weighted by Crippen LogP contribution is -2.33. The van der Waals surface area contributed by atoms with E-state index in [0.717, 1.165) is 5.69 Å². The Morgan fingerprint density at radius 3 is 2.52 bits per heavy atom. The number of allylic oxidation sites excluding steroid dienone is 1. The van der Waals surface area contributed by atoms with Crippen LogP contribution >= 0.6 is 0 Å². The highest BCUT2D eigenvalue weighted by atomic mass is 16.6. The first-order chi connectivity index (χ1) is 12.0. The van der Waals surface area contributed by atoms with Crippen molar-refractivity contribution in [1.82, 2.24) is 0 Å². The monoisotopic (exact) mass is 332 g/mol. The van der Waals surface area contributed by atoms with Crippen LogP contribution in [-0.4, -0.2) is 11.0 Å². The largest absolute Gasteiger partial charge is 0.337 e. The van der Waals surface area contributed by atoms with E-state index in [9.17, 15) is 10.1 Å². The number of anilines is 2. The van der Waals surface area contributed by atoms with E-state index in [1.165, 1.54) is 28.8 Å². The van der Waals surface area contributed by atoms with Gasteiger partial charge in [-0.2, -0.15) is 0 Å². The maximum Gasteiger partial charge on any atom is 0.269 e. The Labute approximate surface area is 146 Å². The molecule has 3 aliphatic rings. The molecule has 0 spiro atoms. The summed E-state index contributed by atoms with van der Waals surface area (Å²) in [5, 5.41) is 11.0. The number of nitro benzene ring substituents is 1. The van der Waals surface area contributed by atoms with Gasteiger partial charge in [0.25, 0.3) is 5.69 Å². The average molecular weight is 332 g/mol. The summed E-state index contributed by atoms with van der Waals surface area (Å²) in [5.41, 5.74) is 6.61. The Balaban J connectivity index is 1.68. The molecule has 4 unspecified atom stereocenters. The van der Waals surface area contributed by atoms with E-state index in [1.807, 2.05) is 12.1 Å². The van der Waals surface area contributed by atoms with Crippen molar-refractivity contribution in [2.24, 2.45) is 11.8 Å². The van der Waals surface area contributed by atoms with Gasteiger partial charge < -0.3 is 4.90 Å². The lowest BCUT2D eigenvalue weighted by Gasteiger charge is -2.31. The van der Waals surface area contributed by atoms with Crippen molar-refractivity contribution in [3.05, 3.63) is 75.4 Å². The minimum atomic E-state index is -0.334. The molecular formula is C21H20N2O2. The van der Waals surface area contributed by atoms with E-state index in [-0.39, 0.29) is 10.6 Å². The molecule has 2 bridgehead atoms. The smallest absolute Gasteiger partial charge is 0.269 e. The zero-order valence-corrected chi connectivity index (χ0v) is 14.3. The Morgan fingerprint density at radius 2 is 1.80 bits per heavy atom. The van der Waals surface area contributed by atoms with E-state index in [4.69, 9.17) is 0 Å². The van der Waals surface area contributed by atoms with Gasteiger partial charge in [0.05, 0.1) is 4.92 Å². The first kappa shape index (κ1) is 14.7. The number of fused-ring (bicyclic) bond motifs is 7. The fraction of sp³-hybridized carbons (Fsp3) is 0.333. The molecule has 4 atom stereocenters. The molecule has 0 aromatic heterocycles. The topological polar surface area (TPSA) is 46.4 Å². The molecule has 5 rings (SSSR count). The van der Waals surface area contributed by atoms with Crippen LogP contribution in [0.3, 0.4) is 0 Å². The van der Waals surface area contributed by atoms with E-state index in [1.54, 1.807) is 12.1 Å². The van der Waals surface area contributed by atoms with E-state index in [0.29, 0.717) is 23.8 Å². The molecule has 0 radical (unpaired) electrons. The first-order valence-electron chi connectivity index (χ1n) is 8.88. The standard InChI is InChI=1S/C21H20N2O2/c1-12-9-13(2)19-18(10-12)22(16-5-7-17(8-6-16)23(24)25)21-15-4-3-14(11-15)20(19)21/h3-10,14-15,20-21H,11H2,1-2H3. The lowest BCUT2D eigenvalue weighted by atomic mass is 9.83. The number of rotatable bonds is 2. The van der Waals surface area contributed by atoms with Gasteiger partial charge in [-0.05, 0) is 67.0 Å². The van der Waals surface area contributed by atoms with Crippen molar-refractivity contribution >= 4 is 17.1 Å². The van der Waals surface area contributed by atoms with Gasteiger partial charge in [0.2, 0.25) is 0 Å².